The first kappa shape index (κ1) is 10.8. The Balaban J connectivity index is 0. The van der Waals surface area contributed by atoms with Crippen LogP contribution >= 0.6 is 0 Å². The van der Waals surface area contributed by atoms with Crippen molar-refractivity contribution in [1.82, 2.24) is 0 Å². The monoisotopic (exact) mass is 132 g/mol. The molecule has 1 atom stereocenters. The maximum Gasteiger partial charge on any atom is 0.322 e. The molecule has 0 bridgehead atoms. The molecule has 45 valence electrons. The molecule has 8 heavy (non-hydrogen) atoms. The quantitative estimate of drug-likeness (QED) is 0.380. The van der Waals surface area contributed by atoms with E-state index in [2.05, 4.69) is 0 Å². The number of nitrogens with two attached hydrogens (primary N) is 1. The fourth-order valence-electron chi connectivity index (χ4n) is 0.0781. The minimum absolute atomic E-state index is 0. The van der Waals surface area contributed by atoms with E-state index in [1.54, 1.807) is 0 Å². The standard InChI is InChI=1S/C3H7NO3.Al/c4-2(1-5)3(6)7;/h2,5H,1,4H2,(H,6,7);/t2-;/m0./s1. The van der Waals surface area contributed by atoms with Crippen LogP contribution in [0.2, 0.25) is 0 Å². The van der Waals surface area contributed by atoms with Crippen molar-refractivity contribution < 1.29 is 15.0 Å². The Morgan fingerprint density at radius 1 is 1.75 bits per heavy atom. The van der Waals surface area contributed by atoms with Crippen LogP contribution in [0.3, 0.4) is 0 Å². The number of carbonyl (C=O) groups is 1. The van der Waals surface area contributed by atoms with Gasteiger partial charge in [0, 0.05) is 17.4 Å². The van der Waals surface area contributed by atoms with Gasteiger partial charge in [-0.2, -0.15) is 0 Å². The van der Waals surface area contributed by atoms with E-state index < -0.39 is 18.6 Å². The van der Waals surface area contributed by atoms with Crippen LogP contribution in [-0.2, 0) is 4.79 Å². The lowest BCUT2D eigenvalue weighted by Gasteiger charge is -1.96. The normalized spacial score (nSPS) is 11.8. The van der Waals surface area contributed by atoms with Gasteiger partial charge >= 0.3 is 5.97 Å². The van der Waals surface area contributed by atoms with Gasteiger partial charge in [0.25, 0.3) is 0 Å². The second kappa shape index (κ2) is 5.07. The zero-order chi connectivity index (χ0) is 5.86. The fourth-order valence-corrected chi connectivity index (χ4v) is 0.0781. The van der Waals surface area contributed by atoms with Crippen molar-refractivity contribution in [1.29, 1.82) is 0 Å². The molecule has 0 amide bonds. The molecule has 0 aromatic heterocycles. The molecule has 3 radical (unpaired) electrons. The van der Waals surface area contributed by atoms with Crippen molar-refractivity contribution in [3.8, 4) is 0 Å². The summed E-state index contributed by atoms with van der Waals surface area (Å²) in [6.45, 7) is -0.505. The van der Waals surface area contributed by atoms with Crippen LogP contribution in [-0.4, -0.2) is 46.2 Å². The number of aliphatic hydroxyl groups excluding tert-OH is 1. The van der Waals surface area contributed by atoms with Gasteiger partial charge in [-0.25, -0.2) is 0 Å². The van der Waals surface area contributed by atoms with Crippen molar-refractivity contribution in [2.45, 2.75) is 6.04 Å². The van der Waals surface area contributed by atoms with E-state index in [0.717, 1.165) is 0 Å². The lowest BCUT2D eigenvalue weighted by Crippen LogP contribution is -2.33. The number of hydrogen-bond donors (Lipinski definition) is 3. The second-order valence-electron chi connectivity index (χ2n) is 1.13. The highest BCUT2D eigenvalue weighted by Gasteiger charge is 2.06. The van der Waals surface area contributed by atoms with Crippen molar-refractivity contribution >= 4 is 23.3 Å². The number of carboxylic acid groups (broad SMARTS) is 1. The summed E-state index contributed by atoms with van der Waals surface area (Å²) in [6, 6.07) is -1.13. The molecular weight excluding hydrogens is 125 g/mol. The van der Waals surface area contributed by atoms with Gasteiger partial charge in [0.05, 0.1) is 6.61 Å². The van der Waals surface area contributed by atoms with Crippen LogP contribution in [0.5, 0.6) is 0 Å². The number of carboxylic acids is 1. The van der Waals surface area contributed by atoms with Gasteiger partial charge in [-0.3, -0.25) is 4.79 Å². The van der Waals surface area contributed by atoms with Gasteiger partial charge in [0.15, 0.2) is 0 Å². The summed E-state index contributed by atoms with van der Waals surface area (Å²) in [5.41, 5.74) is 4.77. The van der Waals surface area contributed by atoms with Crippen molar-refractivity contribution in [3.05, 3.63) is 0 Å². The summed E-state index contributed by atoms with van der Waals surface area (Å²) in [5, 5.41) is 15.9. The molecule has 0 aromatic carbocycles. The van der Waals surface area contributed by atoms with Gasteiger partial charge in [-0.15, -0.1) is 0 Å². The molecule has 0 aromatic rings. The Morgan fingerprint density at radius 3 is 2.12 bits per heavy atom. The third-order valence-electron chi connectivity index (χ3n) is 0.514. The lowest BCUT2D eigenvalue weighted by atomic mass is 10.3. The Labute approximate surface area is 57.4 Å². The molecule has 0 fully saturated rings. The first-order valence-electron chi connectivity index (χ1n) is 1.77. The highest BCUT2D eigenvalue weighted by molar-refractivity contribution is 5.75. The molecule has 4 nitrogen and oxygen atoms in total. The van der Waals surface area contributed by atoms with E-state index in [9.17, 15) is 4.79 Å². The third-order valence-corrected chi connectivity index (χ3v) is 0.514. The highest BCUT2D eigenvalue weighted by atomic mass is 27.0. The third kappa shape index (κ3) is 4.09. The molecule has 0 saturated carbocycles. The van der Waals surface area contributed by atoms with E-state index >= 15 is 0 Å². The molecule has 0 rings (SSSR count). The SMILES string of the molecule is N[C@@H](CO)C(=O)O.[Al]. The van der Waals surface area contributed by atoms with E-state index in [-0.39, 0.29) is 17.4 Å². The van der Waals surface area contributed by atoms with Gasteiger partial charge in [0.2, 0.25) is 0 Å². The molecule has 4 N–H and O–H groups in total. The van der Waals surface area contributed by atoms with Crippen LogP contribution in [0.15, 0.2) is 0 Å². The zero-order valence-electron chi connectivity index (χ0n) is 4.24. The molecule has 0 aliphatic rings. The maximum atomic E-state index is 9.65. The van der Waals surface area contributed by atoms with E-state index in [1.807, 2.05) is 0 Å². The number of rotatable bonds is 2. The van der Waals surface area contributed by atoms with Gasteiger partial charge in [-0.1, -0.05) is 0 Å². The van der Waals surface area contributed by atoms with Crippen LogP contribution in [0.1, 0.15) is 0 Å². The molecule has 0 spiro atoms. The molecule has 0 heterocycles. The average Bonchev–Trinajstić information content (AvgIpc) is 1.65. The Hall–Kier alpha value is -0.0775. The van der Waals surface area contributed by atoms with Gasteiger partial charge < -0.3 is 15.9 Å². The minimum Gasteiger partial charge on any atom is -0.480 e. The highest BCUT2D eigenvalue weighted by Crippen LogP contribution is 1.71. The maximum absolute atomic E-state index is 9.65. The molecule has 5 heteroatoms. The van der Waals surface area contributed by atoms with Crippen molar-refractivity contribution in [3.63, 3.8) is 0 Å². The van der Waals surface area contributed by atoms with Gasteiger partial charge in [0.1, 0.15) is 6.04 Å². The molecular formula is C3H7AlNO3. The second-order valence-corrected chi connectivity index (χ2v) is 1.13. The smallest absolute Gasteiger partial charge is 0.322 e. The summed E-state index contributed by atoms with van der Waals surface area (Å²) in [4.78, 5) is 9.65. The Bertz CT molecular complexity index is 76.9. The summed E-state index contributed by atoms with van der Waals surface area (Å²) < 4.78 is 0. The summed E-state index contributed by atoms with van der Waals surface area (Å²) >= 11 is 0. The number of aliphatic carboxylic acids is 1. The van der Waals surface area contributed by atoms with Crippen LogP contribution < -0.4 is 5.73 Å². The van der Waals surface area contributed by atoms with Crippen LogP contribution in [0, 0.1) is 0 Å². The molecule has 0 saturated heterocycles. The summed E-state index contributed by atoms with van der Waals surface area (Å²) in [6.07, 6.45) is 0. The van der Waals surface area contributed by atoms with Gasteiger partial charge in [-0.05, 0) is 0 Å². The Morgan fingerprint density at radius 2 is 2.12 bits per heavy atom. The van der Waals surface area contributed by atoms with Crippen LogP contribution in [0.25, 0.3) is 0 Å². The molecule has 0 aliphatic heterocycles. The van der Waals surface area contributed by atoms with Crippen LogP contribution in [0.4, 0.5) is 0 Å². The van der Waals surface area contributed by atoms with E-state index in [4.69, 9.17) is 15.9 Å². The molecule has 0 aliphatic carbocycles. The number of aliphatic hydroxyl groups is 1. The summed E-state index contributed by atoms with van der Waals surface area (Å²) in [7, 11) is 0. The Kier molecular flexibility index (Phi) is 6.86. The minimum atomic E-state index is -1.18. The van der Waals surface area contributed by atoms with Crippen molar-refractivity contribution in [2.75, 3.05) is 6.61 Å². The predicted octanol–water partition coefficient (Wildman–Crippen LogP) is -1.99. The largest absolute Gasteiger partial charge is 0.480 e. The molecule has 0 unspecified atom stereocenters. The summed E-state index contributed by atoms with van der Waals surface area (Å²) in [5.74, 6) is -1.18. The first-order chi connectivity index (χ1) is 3.18. The lowest BCUT2D eigenvalue weighted by molar-refractivity contribution is -0.139. The predicted molar refractivity (Wildman–Crippen MR) is 28.5 cm³/mol. The van der Waals surface area contributed by atoms with Crippen molar-refractivity contribution in [2.24, 2.45) is 5.73 Å². The number of hydrogen-bond acceptors (Lipinski definition) is 3. The fraction of sp³-hybridized carbons (Fsp3) is 0.667. The van der Waals surface area contributed by atoms with E-state index in [1.165, 1.54) is 0 Å². The first-order valence-corrected chi connectivity index (χ1v) is 1.77. The van der Waals surface area contributed by atoms with E-state index in [0.29, 0.717) is 0 Å². The topological polar surface area (TPSA) is 83.5 Å². The zero-order valence-corrected chi connectivity index (χ0v) is 5.40. The average molecular weight is 132 g/mol.